The first kappa shape index (κ1) is 10.9. The molecule has 2 rings (SSSR count). The van der Waals surface area contributed by atoms with E-state index in [-0.39, 0.29) is 11.6 Å². The topological polar surface area (TPSA) is 77.8 Å². The normalized spacial score (nSPS) is 10.1. The van der Waals surface area contributed by atoms with Crippen molar-refractivity contribution >= 4 is 34.2 Å². The zero-order valence-electron chi connectivity index (χ0n) is 8.08. The molecule has 2 aromatic rings. The van der Waals surface area contributed by atoms with Crippen molar-refractivity contribution in [1.29, 1.82) is 0 Å². The van der Waals surface area contributed by atoms with Crippen molar-refractivity contribution < 1.29 is 4.79 Å². The third kappa shape index (κ3) is 2.51. The van der Waals surface area contributed by atoms with E-state index in [1.807, 2.05) is 12.1 Å². The van der Waals surface area contributed by atoms with E-state index in [2.05, 4.69) is 37.9 Å². The molecule has 0 spiro atoms. The Labute approximate surface area is 104 Å². The van der Waals surface area contributed by atoms with Crippen molar-refractivity contribution in [3.05, 3.63) is 50.2 Å². The number of nitrogens with one attached hydrogen (secondary N) is 3. The molecule has 0 unspecified atom stereocenters. The van der Waals surface area contributed by atoms with Crippen LogP contribution in [-0.4, -0.2) is 15.9 Å². The van der Waals surface area contributed by atoms with Gasteiger partial charge in [-0.2, -0.15) is 0 Å². The standard InChI is InChI=1S/C10H8IN3O2/c11-6-1-3-7(4-2-6)13-9(15)8-5-12-10(16)14-8/h1-5H,(H,13,15)(H2,12,14,16). The van der Waals surface area contributed by atoms with Crippen LogP contribution in [0.3, 0.4) is 0 Å². The van der Waals surface area contributed by atoms with Crippen LogP contribution in [0, 0.1) is 3.57 Å². The minimum atomic E-state index is -0.396. The number of benzene rings is 1. The third-order valence-electron chi connectivity index (χ3n) is 1.94. The first-order chi connectivity index (χ1) is 7.65. The fourth-order valence-corrected chi connectivity index (χ4v) is 1.55. The molecular formula is C10H8IN3O2. The number of carbonyl (C=O) groups is 1. The fraction of sp³-hybridized carbons (Fsp3) is 0. The lowest BCUT2D eigenvalue weighted by Crippen LogP contribution is -2.13. The van der Waals surface area contributed by atoms with E-state index in [0.717, 1.165) is 3.57 Å². The lowest BCUT2D eigenvalue weighted by Gasteiger charge is -2.02. The van der Waals surface area contributed by atoms with Gasteiger partial charge in [0.15, 0.2) is 0 Å². The molecule has 1 heterocycles. The summed E-state index contributed by atoms with van der Waals surface area (Å²) in [5, 5.41) is 2.67. The molecule has 3 N–H and O–H groups in total. The minimum Gasteiger partial charge on any atom is -0.321 e. The molecular weight excluding hydrogens is 321 g/mol. The van der Waals surface area contributed by atoms with Gasteiger partial charge in [0.05, 0.1) is 0 Å². The number of anilines is 1. The van der Waals surface area contributed by atoms with Crippen LogP contribution in [-0.2, 0) is 0 Å². The van der Waals surface area contributed by atoms with Gasteiger partial charge < -0.3 is 15.3 Å². The quantitative estimate of drug-likeness (QED) is 0.731. The van der Waals surface area contributed by atoms with Crippen molar-refractivity contribution in [3.63, 3.8) is 0 Å². The number of carbonyl (C=O) groups excluding carboxylic acids is 1. The number of aromatic nitrogens is 2. The predicted octanol–water partition coefficient (Wildman–Crippen LogP) is 1.56. The molecule has 0 saturated heterocycles. The van der Waals surface area contributed by atoms with E-state index in [1.54, 1.807) is 12.1 Å². The van der Waals surface area contributed by atoms with E-state index in [9.17, 15) is 9.59 Å². The molecule has 0 radical (unpaired) electrons. The maximum Gasteiger partial charge on any atom is 0.323 e. The summed E-state index contributed by atoms with van der Waals surface area (Å²) in [6.07, 6.45) is 1.34. The van der Waals surface area contributed by atoms with Gasteiger partial charge in [-0.3, -0.25) is 4.79 Å². The molecule has 82 valence electrons. The van der Waals surface area contributed by atoms with Crippen LogP contribution in [0.25, 0.3) is 0 Å². The summed E-state index contributed by atoms with van der Waals surface area (Å²) in [4.78, 5) is 27.2. The molecule has 0 aliphatic carbocycles. The maximum atomic E-state index is 11.6. The molecule has 16 heavy (non-hydrogen) atoms. The highest BCUT2D eigenvalue weighted by Gasteiger charge is 2.07. The zero-order valence-corrected chi connectivity index (χ0v) is 10.2. The average molecular weight is 329 g/mol. The van der Waals surface area contributed by atoms with Crippen LogP contribution in [0.5, 0.6) is 0 Å². The minimum absolute atomic E-state index is 0.212. The second kappa shape index (κ2) is 4.52. The Morgan fingerprint density at radius 3 is 2.50 bits per heavy atom. The zero-order chi connectivity index (χ0) is 11.5. The van der Waals surface area contributed by atoms with Crippen LogP contribution >= 0.6 is 22.6 Å². The lowest BCUT2D eigenvalue weighted by atomic mass is 10.3. The van der Waals surface area contributed by atoms with Crippen molar-refractivity contribution in [2.24, 2.45) is 0 Å². The Bertz CT molecular complexity index is 556. The Morgan fingerprint density at radius 2 is 1.94 bits per heavy atom. The van der Waals surface area contributed by atoms with Gasteiger partial charge in [0.25, 0.3) is 5.91 Å². The summed E-state index contributed by atoms with van der Waals surface area (Å²) in [7, 11) is 0. The van der Waals surface area contributed by atoms with Gasteiger partial charge in [-0.05, 0) is 46.9 Å². The summed E-state index contributed by atoms with van der Waals surface area (Å²) >= 11 is 2.18. The molecule has 6 heteroatoms. The summed E-state index contributed by atoms with van der Waals surface area (Å²) in [6, 6.07) is 7.36. The molecule has 1 aromatic heterocycles. The van der Waals surface area contributed by atoms with E-state index in [1.165, 1.54) is 6.20 Å². The van der Waals surface area contributed by atoms with Crippen molar-refractivity contribution in [1.82, 2.24) is 9.97 Å². The Balaban J connectivity index is 2.13. The monoisotopic (exact) mass is 329 g/mol. The Morgan fingerprint density at radius 1 is 1.25 bits per heavy atom. The van der Waals surface area contributed by atoms with Crippen LogP contribution in [0.1, 0.15) is 10.5 Å². The molecule has 0 bridgehead atoms. The van der Waals surface area contributed by atoms with Crippen molar-refractivity contribution in [3.8, 4) is 0 Å². The number of aromatic amines is 2. The molecule has 1 aromatic carbocycles. The van der Waals surface area contributed by atoms with Crippen molar-refractivity contribution in [2.75, 3.05) is 5.32 Å². The Hall–Kier alpha value is -1.57. The van der Waals surface area contributed by atoms with Crippen LogP contribution in [0.15, 0.2) is 35.3 Å². The summed E-state index contributed by atoms with van der Waals surface area (Å²) in [6.45, 7) is 0. The summed E-state index contributed by atoms with van der Waals surface area (Å²) in [5.74, 6) is -0.348. The first-order valence-electron chi connectivity index (χ1n) is 4.50. The van der Waals surface area contributed by atoms with Gasteiger partial charge in [0, 0.05) is 15.5 Å². The predicted molar refractivity (Wildman–Crippen MR) is 68.5 cm³/mol. The molecule has 0 aliphatic heterocycles. The highest BCUT2D eigenvalue weighted by Crippen LogP contribution is 2.11. The number of hydrogen-bond donors (Lipinski definition) is 3. The number of hydrogen-bond acceptors (Lipinski definition) is 2. The van der Waals surface area contributed by atoms with E-state index in [0.29, 0.717) is 5.69 Å². The number of imidazole rings is 1. The summed E-state index contributed by atoms with van der Waals surface area (Å²) in [5.41, 5.74) is 0.503. The number of rotatable bonds is 2. The molecule has 0 fully saturated rings. The van der Waals surface area contributed by atoms with Crippen molar-refractivity contribution in [2.45, 2.75) is 0 Å². The molecule has 5 nitrogen and oxygen atoms in total. The molecule has 0 saturated carbocycles. The van der Waals surface area contributed by atoms with Crippen LogP contribution in [0.2, 0.25) is 0 Å². The maximum absolute atomic E-state index is 11.6. The van der Waals surface area contributed by atoms with Gasteiger partial charge in [-0.1, -0.05) is 0 Å². The number of H-pyrrole nitrogens is 2. The van der Waals surface area contributed by atoms with E-state index >= 15 is 0 Å². The SMILES string of the molecule is O=C(Nc1ccc(I)cc1)c1c[nH]c(=O)[nH]1. The van der Waals surface area contributed by atoms with Gasteiger partial charge in [0.2, 0.25) is 0 Å². The fourth-order valence-electron chi connectivity index (χ4n) is 1.19. The van der Waals surface area contributed by atoms with Gasteiger partial charge in [-0.15, -0.1) is 0 Å². The van der Waals surface area contributed by atoms with E-state index in [4.69, 9.17) is 0 Å². The van der Waals surface area contributed by atoms with Gasteiger partial charge in [0.1, 0.15) is 5.69 Å². The largest absolute Gasteiger partial charge is 0.323 e. The highest BCUT2D eigenvalue weighted by atomic mass is 127. The highest BCUT2D eigenvalue weighted by molar-refractivity contribution is 14.1. The number of amides is 1. The number of halogens is 1. The third-order valence-corrected chi connectivity index (χ3v) is 2.66. The van der Waals surface area contributed by atoms with Crippen LogP contribution < -0.4 is 11.0 Å². The first-order valence-corrected chi connectivity index (χ1v) is 5.57. The molecule has 1 amide bonds. The second-order valence-electron chi connectivity index (χ2n) is 3.12. The summed E-state index contributed by atoms with van der Waals surface area (Å²) < 4.78 is 1.09. The van der Waals surface area contributed by atoms with Gasteiger partial charge in [-0.25, -0.2) is 4.79 Å². The lowest BCUT2D eigenvalue weighted by molar-refractivity contribution is 0.102. The second-order valence-corrected chi connectivity index (χ2v) is 4.36. The smallest absolute Gasteiger partial charge is 0.321 e. The van der Waals surface area contributed by atoms with Crippen LogP contribution in [0.4, 0.5) is 5.69 Å². The molecule has 0 aliphatic rings. The average Bonchev–Trinajstić information content (AvgIpc) is 2.68. The van der Waals surface area contributed by atoms with Gasteiger partial charge >= 0.3 is 5.69 Å². The Kier molecular flexibility index (Phi) is 3.09. The van der Waals surface area contributed by atoms with E-state index < -0.39 is 5.69 Å². The molecule has 0 atom stereocenters.